The van der Waals surface area contributed by atoms with E-state index in [4.69, 9.17) is 9.31 Å². The fourth-order valence-electron chi connectivity index (χ4n) is 1.34. The summed E-state index contributed by atoms with van der Waals surface area (Å²) in [6, 6.07) is 6.78. The van der Waals surface area contributed by atoms with Crippen LogP contribution in [0.1, 0.15) is 5.56 Å². The van der Waals surface area contributed by atoms with Gasteiger partial charge in [0.1, 0.15) is 18.5 Å². The van der Waals surface area contributed by atoms with Gasteiger partial charge >= 0.3 is 8.25 Å². The summed E-state index contributed by atoms with van der Waals surface area (Å²) in [6.45, 7) is -0.237. The Labute approximate surface area is 91.2 Å². The molecule has 0 fully saturated rings. The molecule has 0 aliphatic carbocycles. The van der Waals surface area contributed by atoms with E-state index in [1.165, 1.54) is 6.26 Å². The molecule has 0 saturated heterocycles. The Morgan fingerprint density at radius 3 is 2.88 bits per heavy atom. The van der Waals surface area contributed by atoms with Crippen LogP contribution in [0.2, 0.25) is 0 Å². The van der Waals surface area contributed by atoms with Gasteiger partial charge in [0.2, 0.25) is 0 Å². The first kappa shape index (κ1) is 11.0. The Morgan fingerprint density at radius 2 is 2.12 bits per heavy atom. The topological polar surface area (TPSA) is 76.7 Å². The smallest absolute Gasteiger partial charge is 0.464 e. The standard InChI is InChI=1S/C10H7O5P/c11-10-7(6-15-16(12)13)5-14-9-4-2-1-3-8(9)10/h1-5H,6H2/p+1. The van der Waals surface area contributed by atoms with Gasteiger partial charge in [0.05, 0.1) is 10.9 Å². The Balaban J connectivity index is 2.45. The summed E-state index contributed by atoms with van der Waals surface area (Å²) in [6.07, 6.45) is 1.24. The molecular weight excluding hydrogens is 231 g/mol. The van der Waals surface area contributed by atoms with E-state index < -0.39 is 8.25 Å². The summed E-state index contributed by atoms with van der Waals surface area (Å²) < 4.78 is 20.0. The zero-order valence-electron chi connectivity index (χ0n) is 8.12. The second kappa shape index (κ2) is 4.53. The highest BCUT2D eigenvalue weighted by atomic mass is 31.1. The van der Waals surface area contributed by atoms with Gasteiger partial charge in [-0.1, -0.05) is 12.1 Å². The summed E-state index contributed by atoms with van der Waals surface area (Å²) in [4.78, 5) is 20.3. The molecule has 0 radical (unpaired) electrons. The Bertz CT molecular complexity index is 589. The maximum Gasteiger partial charge on any atom is 0.695 e. The molecule has 2 rings (SSSR count). The minimum absolute atomic E-state index is 0.219. The normalized spacial score (nSPS) is 11.7. The van der Waals surface area contributed by atoms with E-state index in [1.54, 1.807) is 24.3 Å². The van der Waals surface area contributed by atoms with Crippen LogP contribution in [0.3, 0.4) is 0 Å². The molecule has 0 aliphatic rings. The number of para-hydroxylation sites is 1. The maximum absolute atomic E-state index is 11.8. The highest BCUT2D eigenvalue weighted by molar-refractivity contribution is 7.32. The van der Waals surface area contributed by atoms with Crippen LogP contribution in [0, 0.1) is 0 Å². The summed E-state index contributed by atoms with van der Waals surface area (Å²) in [5.41, 5.74) is 0.444. The maximum atomic E-state index is 11.8. The summed E-state index contributed by atoms with van der Waals surface area (Å²) in [5.74, 6) is 0. The molecule has 5 nitrogen and oxygen atoms in total. The van der Waals surface area contributed by atoms with Crippen molar-refractivity contribution in [1.82, 2.24) is 0 Å². The SMILES string of the molecule is O=c1c(CO[P+](=O)O)coc2ccccc12. The molecule has 0 amide bonds. The van der Waals surface area contributed by atoms with E-state index in [2.05, 4.69) is 4.52 Å². The lowest BCUT2D eigenvalue weighted by Crippen LogP contribution is -2.08. The number of fused-ring (bicyclic) bond motifs is 1. The lowest BCUT2D eigenvalue weighted by atomic mass is 10.2. The van der Waals surface area contributed by atoms with E-state index in [1.807, 2.05) is 0 Å². The molecule has 0 saturated carbocycles. The van der Waals surface area contributed by atoms with Crippen LogP contribution >= 0.6 is 8.25 Å². The summed E-state index contributed by atoms with van der Waals surface area (Å²) >= 11 is 0. The van der Waals surface area contributed by atoms with Crippen LogP contribution < -0.4 is 5.43 Å². The minimum Gasteiger partial charge on any atom is -0.464 e. The number of benzene rings is 1. The molecule has 2 aromatic rings. The molecule has 6 heteroatoms. The van der Waals surface area contributed by atoms with E-state index in [0.29, 0.717) is 11.0 Å². The van der Waals surface area contributed by atoms with Crippen molar-refractivity contribution in [2.45, 2.75) is 6.61 Å². The third-order valence-electron chi connectivity index (χ3n) is 2.08. The molecule has 0 aliphatic heterocycles. The van der Waals surface area contributed by atoms with E-state index in [9.17, 15) is 9.36 Å². The van der Waals surface area contributed by atoms with Crippen molar-refractivity contribution in [1.29, 1.82) is 0 Å². The van der Waals surface area contributed by atoms with Crippen LogP contribution in [-0.2, 0) is 15.7 Å². The molecule has 1 N–H and O–H groups in total. The molecule has 1 aromatic carbocycles. The quantitative estimate of drug-likeness (QED) is 0.828. The first-order chi connectivity index (χ1) is 7.68. The third-order valence-corrected chi connectivity index (χ3v) is 2.43. The predicted octanol–water partition coefficient (Wildman–Crippen LogP) is 1.96. The van der Waals surface area contributed by atoms with Gasteiger partial charge in [-0.25, -0.2) is 0 Å². The van der Waals surface area contributed by atoms with Gasteiger partial charge < -0.3 is 4.42 Å². The molecular formula is C10H8O5P+. The lowest BCUT2D eigenvalue weighted by molar-refractivity contribution is 0.269. The van der Waals surface area contributed by atoms with Gasteiger partial charge in [-0.05, 0) is 12.1 Å². The number of hydrogen-bond donors (Lipinski definition) is 1. The molecule has 1 unspecified atom stereocenters. The highest BCUT2D eigenvalue weighted by Gasteiger charge is 2.15. The van der Waals surface area contributed by atoms with Crippen molar-refractivity contribution in [3.05, 3.63) is 46.3 Å². The van der Waals surface area contributed by atoms with Crippen molar-refractivity contribution < 1.29 is 18.4 Å². The van der Waals surface area contributed by atoms with E-state index in [0.717, 1.165) is 0 Å². The molecule has 16 heavy (non-hydrogen) atoms. The van der Waals surface area contributed by atoms with Gasteiger partial charge in [-0.2, -0.15) is 0 Å². The van der Waals surface area contributed by atoms with Crippen molar-refractivity contribution in [2.24, 2.45) is 0 Å². The molecule has 0 spiro atoms. The summed E-state index contributed by atoms with van der Waals surface area (Å²) in [5, 5.41) is 0.428. The van der Waals surface area contributed by atoms with E-state index in [-0.39, 0.29) is 17.6 Å². The Hall–Kier alpha value is -1.55. The van der Waals surface area contributed by atoms with Crippen molar-refractivity contribution in [2.75, 3.05) is 0 Å². The zero-order chi connectivity index (χ0) is 11.5. The predicted molar refractivity (Wildman–Crippen MR) is 57.1 cm³/mol. The summed E-state index contributed by atoms with van der Waals surface area (Å²) in [7, 11) is -2.71. The molecule has 1 atom stereocenters. The van der Waals surface area contributed by atoms with Crippen LogP contribution in [0.15, 0.2) is 39.7 Å². The number of rotatable bonds is 3. The molecule has 0 bridgehead atoms. The van der Waals surface area contributed by atoms with Crippen LogP contribution in [0.25, 0.3) is 11.0 Å². The van der Waals surface area contributed by atoms with Crippen molar-refractivity contribution >= 4 is 19.2 Å². The first-order valence-electron chi connectivity index (χ1n) is 4.47. The van der Waals surface area contributed by atoms with Gasteiger partial charge in [-0.3, -0.25) is 4.79 Å². The van der Waals surface area contributed by atoms with Gasteiger partial charge in [-0.15, -0.1) is 9.42 Å². The van der Waals surface area contributed by atoms with Gasteiger partial charge in [0.15, 0.2) is 5.43 Å². The average Bonchev–Trinajstić information content (AvgIpc) is 2.28. The molecule has 1 aromatic heterocycles. The largest absolute Gasteiger partial charge is 0.695 e. The van der Waals surface area contributed by atoms with Crippen LogP contribution in [0.4, 0.5) is 0 Å². The fraction of sp³-hybridized carbons (Fsp3) is 0.100. The Kier molecular flexibility index (Phi) is 3.10. The van der Waals surface area contributed by atoms with Crippen LogP contribution in [-0.4, -0.2) is 4.89 Å². The monoisotopic (exact) mass is 239 g/mol. The van der Waals surface area contributed by atoms with Gasteiger partial charge in [0, 0.05) is 4.57 Å². The van der Waals surface area contributed by atoms with Crippen molar-refractivity contribution in [3.63, 3.8) is 0 Å². The Morgan fingerprint density at radius 1 is 1.38 bits per heavy atom. The second-order valence-corrected chi connectivity index (χ2v) is 3.83. The van der Waals surface area contributed by atoms with E-state index >= 15 is 0 Å². The lowest BCUT2D eigenvalue weighted by Gasteiger charge is -1.97. The number of hydrogen-bond acceptors (Lipinski definition) is 4. The molecule has 1 heterocycles. The fourth-order valence-corrected chi connectivity index (χ4v) is 1.59. The first-order valence-corrected chi connectivity index (χ1v) is 5.60. The highest BCUT2D eigenvalue weighted by Crippen LogP contribution is 2.18. The van der Waals surface area contributed by atoms with Gasteiger partial charge in [0.25, 0.3) is 0 Å². The third kappa shape index (κ3) is 2.17. The van der Waals surface area contributed by atoms with Crippen LogP contribution in [0.5, 0.6) is 0 Å². The zero-order valence-corrected chi connectivity index (χ0v) is 9.02. The average molecular weight is 239 g/mol. The molecule has 82 valence electrons. The minimum atomic E-state index is -2.71. The second-order valence-electron chi connectivity index (χ2n) is 3.10. The van der Waals surface area contributed by atoms with Crippen molar-refractivity contribution in [3.8, 4) is 0 Å².